The molecule has 1 aromatic carbocycles. The number of hydrogen-bond acceptors (Lipinski definition) is 6. The molecule has 30 heavy (non-hydrogen) atoms. The predicted molar refractivity (Wildman–Crippen MR) is 114 cm³/mol. The summed E-state index contributed by atoms with van der Waals surface area (Å²) in [6.07, 6.45) is 0.327. The second-order valence-electron chi connectivity index (χ2n) is 7.32. The standard InChI is InChI=1S/C19H25N3O6S2/c1-4-22(5-2)30(27,28)14-6-7-17-15(10-14)16(11-18(23)20-17)19(24)21(3)13-8-9-29(25,26)12-13/h6-7,10-11,13H,4-5,8-9,12H2,1-3H3,(H,20,23). The van der Waals surface area contributed by atoms with Crippen LogP contribution in [0.25, 0.3) is 10.9 Å². The maximum absolute atomic E-state index is 13.1. The molecule has 0 aliphatic carbocycles. The minimum absolute atomic E-state index is 0.0116. The summed E-state index contributed by atoms with van der Waals surface area (Å²) in [5.74, 6) is -0.638. The third kappa shape index (κ3) is 4.14. The number of pyridine rings is 1. The van der Waals surface area contributed by atoms with E-state index in [4.69, 9.17) is 0 Å². The Labute approximate surface area is 175 Å². The highest BCUT2D eigenvalue weighted by molar-refractivity contribution is 7.91. The first kappa shape index (κ1) is 22.4. The number of nitrogens with one attached hydrogen (secondary N) is 1. The SMILES string of the molecule is CCN(CC)S(=O)(=O)c1ccc2[nH]c(=O)cc(C(=O)N(C)C3CCS(=O)(=O)C3)c2c1. The average molecular weight is 456 g/mol. The molecule has 9 nitrogen and oxygen atoms in total. The van der Waals surface area contributed by atoms with E-state index in [9.17, 15) is 26.4 Å². The van der Waals surface area contributed by atoms with E-state index in [1.807, 2.05) is 0 Å². The van der Waals surface area contributed by atoms with Crippen LogP contribution >= 0.6 is 0 Å². The summed E-state index contributed by atoms with van der Waals surface area (Å²) in [7, 11) is -5.46. The van der Waals surface area contributed by atoms with E-state index < -0.39 is 37.4 Å². The third-order valence-corrected chi connectivity index (χ3v) is 9.26. The van der Waals surface area contributed by atoms with Crippen LogP contribution in [-0.4, -0.2) is 74.6 Å². The minimum Gasteiger partial charge on any atom is -0.338 e. The Morgan fingerprint density at radius 3 is 2.43 bits per heavy atom. The zero-order chi connectivity index (χ0) is 22.3. The molecule has 1 aromatic heterocycles. The van der Waals surface area contributed by atoms with Crippen LogP contribution in [0.3, 0.4) is 0 Å². The number of fused-ring (bicyclic) bond motifs is 1. The Balaban J connectivity index is 2.10. The van der Waals surface area contributed by atoms with Gasteiger partial charge in [0.1, 0.15) is 0 Å². The fourth-order valence-electron chi connectivity index (χ4n) is 3.72. The molecule has 0 radical (unpaired) electrons. The molecule has 1 aliphatic rings. The number of sulfonamides is 1. The van der Waals surface area contributed by atoms with Gasteiger partial charge in [-0.3, -0.25) is 9.59 Å². The fraction of sp³-hybridized carbons (Fsp3) is 0.474. The van der Waals surface area contributed by atoms with Crippen LogP contribution in [0.2, 0.25) is 0 Å². The monoisotopic (exact) mass is 455 g/mol. The van der Waals surface area contributed by atoms with Crippen LogP contribution < -0.4 is 5.56 Å². The highest BCUT2D eigenvalue weighted by Gasteiger charge is 2.33. The molecule has 1 amide bonds. The van der Waals surface area contributed by atoms with Crippen molar-refractivity contribution in [2.24, 2.45) is 0 Å². The number of rotatable bonds is 6. The maximum Gasteiger partial charge on any atom is 0.254 e. The van der Waals surface area contributed by atoms with Crippen LogP contribution in [0.15, 0.2) is 34.0 Å². The number of sulfone groups is 1. The van der Waals surface area contributed by atoms with Crippen LogP contribution in [-0.2, 0) is 19.9 Å². The molecule has 1 fully saturated rings. The molecule has 2 heterocycles. The van der Waals surface area contributed by atoms with Gasteiger partial charge in [-0.1, -0.05) is 13.8 Å². The molecule has 164 valence electrons. The summed E-state index contributed by atoms with van der Waals surface area (Å²) in [5, 5.41) is 0.292. The molecular formula is C19H25N3O6S2. The Morgan fingerprint density at radius 1 is 1.20 bits per heavy atom. The van der Waals surface area contributed by atoms with Crippen molar-refractivity contribution in [1.82, 2.24) is 14.2 Å². The van der Waals surface area contributed by atoms with Gasteiger partial charge in [-0.05, 0) is 24.6 Å². The van der Waals surface area contributed by atoms with Crippen molar-refractivity contribution < 1.29 is 21.6 Å². The largest absolute Gasteiger partial charge is 0.338 e. The first-order chi connectivity index (χ1) is 14.0. The number of H-pyrrole nitrogens is 1. The molecule has 1 saturated heterocycles. The summed E-state index contributed by atoms with van der Waals surface area (Å²) >= 11 is 0. The van der Waals surface area contributed by atoms with E-state index in [0.717, 1.165) is 6.07 Å². The van der Waals surface area contributed by atoms with Gasteiger partial charge in [-0.15, -0.1) is 0 Å². The first-order valence-corrected chi connectivity index (χ1v) is 12.9. The lowest BCUT2D eigenvalue weighted by Gasteiger charge is -2.24. The van der Waals surface area contributed by atoms with Gasteiger partial charge >= 0.3 is 0 Å². The number of amides is 1. The van der Waals surface area contributed by atoms with Crippen LogP contribution in [0.5, 0.6) is 0 Å². The van der Waals surface area contributed by atoms with Crippen molar-refractivity contribution in [3.8, 4) is 0 Å². The molecule has 1 unspecified atom stereocenters. The zero-order valence-corrected chi connectivity index (χ0v) is 18.7. The van der Waals surface area contributed by atoms with Crippen molar-refractivity contribution in [3.05, 3.63) is 40.2 Å². The molecule has 3 rings (SSSR count). The molecule has 1 N–H and O–H groups in total. The maximum atomic E-state index is 13.1. The number of hydrogen-bond donors (Lipinski definition) is 1. The van der Waals surface area contributed by atoms with E-state index in [0.29, 0.717) is 30.4 Å². The molecule has 11 heteroatoms. The molecule has 1 aliphatic heterocycles. The lowest BCUT2D eigenvalue weighted by atomic mass is 10.1. The lowest BCUT2D eigenvalue weighted by Crippen LogP contribution is -2.38. The van der Waals surface area contributed by atoms with E-state index in [-0.39, 0.29) is 22.0 Å². The topological polar surface area (TPSA) is 125 Å². The Morgan fingerprint density at radius 2 is 1.87 bits per heavy atom. The summed E-state index contributed by atoms with van der Waals surface area (Å²) in [6, 6.07) is 4.88. The lowest BCUT2D eigenvalue weighted by molar-refractivity contribution is 0.0749. The van der Waals surface area contributed by atoms with Gasteiger partial charge in [-0.25, -0.2) is 16.8 Å². The quantitative estimate of drug-likeness (QED) is 0.687. The number of aromatic nitrogens is 1. The normalized spacial score (nSPS) is 18.7. The smallest absolute Gasteiger partial charge is 0.254 e. The van der Waals surface area contributed by atoms with Gasteiger partial charge in [0.05, 0.1) is 22.0 Å². The molecule has 0 saturated carbocycles. The molecule has 0 bridgehead atoms. The van der Waals surface area contributed by atoms with Gasteiger partial charge in [-0.2, -0.15) is 4.31 Å². The number of carbonyl (C=O) groups excluding carboxylic acids is 1. The number of benzene rings is 1. The van der Waals surface area contributed by atoms with Crippen molar-refractivity contribution >= 4 is 36.7 Å². The van der Waals surface area contributed by atoms with Crippen LogP contribution in [0.4, 0.5) is 0 Å². The summed E-state index contributed by atoms with van der Waals surface area (Å²) < 4.78 is 50.7. The molecule has 0 spiro atoms. The number of carbonyl (C=O) groups is 1. The highest BCUT2D eigenvalue weighted by Crippen LogP contribution is 2.25. The predicted octanol–water partition coefficient (Wildman–Crippen LogP) is 0.818. The van der Waals surface area contributed by atoms with Gasteiger partial charge in [0.2, 0.25) is 15.6 Å². The number of nitrogens with zero attached hydrogens (tertiary/aromatic N) is 2. The van der Waals surface area contributed by atoms with E-state index in [1.165, 1.54) is 34.5 Å². The zero-order valence-electron chi connectivity index (χ0n) is 17.1. The highest BCUT2D eigenvalue weighted by atomic mass is 32.2. The van der Waals surface area contributed by atoms with Crippen molar-refractivity contribution in [1.29, 1.82) is 0 Å². The third-order valence-electron chi connectivity index (χ3n) is 5.46. The van der Waals surface area contributed by atoms with Crippen molar-refractivity contribution in [2.75, 3.05) is 31.6 Å². The summed E-state index contributed by atoms with van der Waals surface area (Å²) in [4.78, 5) is 29.2. The molecule has 1 atom stereocenters. The van der Waals surface area contributed by atoms with Gasteiger partial charge < -0.3 is 9.88 Å². The second-order valence-corrected chi connectivity index (χ2v) is 11.5. The molecule has 2 aromatic rings. The van der Waals surface area contributed by atoms with E-state index in [2.05, 4.69) is 4.98 Å². The second kappa shape index (κ2) is 8.12. The van der Waals surface area contributed by atoms with E-state index >= 15 is 0 Å². The van der Waals surface area contributed by atoms with Crippen molar-refractivity contribution in [2.45, 2.75) is 31.2 Å². The average Bonchev–Trinajstić information content (AvgIpc) is 3.06. The van der Waals surface area contributed by atoms with E-state index in [1.54, 1.807) is 13.8 Å². The minimum atomic E-state index is -3.76. The van der Waals surface area contributed by atoms with Gasteiger partial charge in [0, 0.05) is 43.1 Å². The van der Waals surface area contributed by atoms with Crippen LogP contribution in [0.1, 0.15) is 30.6 Å². The Hall–Kier alpha value is -2.24. The van der Waals surface area contributed by atoms with Gasteiger partial charge in [0.25, 0.3) is 5.91 Å². The Kier molecular flexibility index (Phi) is 6.08. The summed E-state index contributed by atoms with van der Waals surface area (Å²) in [6.45, 7) is 4.07. The van der Waals surface area contributed by atoms with Crippen LogP contribution in [0, 0.1) is 0 Å². The number of aromatic amines is 1. The van der Waals surface area contributed by atoms with Crippen molar-refractivity contribution in [3.63, 3.8) is 0 Å². The molecular weight excluding hydrogens is 430 g/mol. The summed E-state index contributed by atoms with van der Waals surface area (Å²) in [5.41, 5.74) is -0.133. The first-order valence-electron chi connectivity index (χ1n) is 9.65. The fourth-order valence-corrected chi connectivity index (χ4v) is 6.98. The Bertz CT molecular complexity index is 1250. The van der Waals surface area contributed by atoms with Gasteiger partial charge in [0.15, 0.2) is 9.84 Å².